The van der Waals surface area contributed by atoms with Crippen molar-refractivity contribution < 1.29 is 14.3 Å². The second-order valence-corrected chi connectivity index (χ2v) is 6.58. The van der Waals surface area contributed by atoms with Gasteiger partial charge in [-0.25, -0.2) is 4.79 Å². The van der Waals surface area contributed by atoms with Crippen molar-refractivity contribution in [1.82, 2.24) is 14.7 Å². The van der Waals surface area contributed by atoms with Gasteiger partial charge in [-0.05, 0) is 53.0 Å². The first-order valence-electron chi connectivity index (χ1n) is 8.47. The molecule has 1 fully saturated rings. The normalized spacial score (nSPS) is 21.3. The molecule has 0 saturated carbocycles. The predicted octanol–water partition coefficient (Wildman–Crippen LogP) is 2.38. The van der Waals surface area contributed by atoms with Crippen molar-refractivity contribution in [2.45, 2.75) is 59.0 Å². The summed E-state index contributed by atoms with van der Waals surface area (Å²) < 4.78 is 6.88. The molecule has 2 rings (SSSR count). The van der Waals surface area contributed by atoms with Crippen LogP contribution in [0.2, 0.25) is 0 Å². The highest BCUT2D eigenvalue weighted by atomic mass is 16.5. The Morgan fingerprint density at radius 1 is 1.25 bits per heavy atom. The van der Waals surface area contributed by atoms with Crippen LogP contribution in [0.1, 0.15) is 50.1 Å². The van der Waals surface area contributed by atoms with Crippen LogP contribution in [-0.4, -0.2) is 45.2 Å². The number of hydrogen-bond donors (Lipinski definition) is 0. The van der Waals surface area contributed by atoms with Gasteiger partial charge in [-0.3, -0.25) is 9.48 Å². The monoisotopic (exact) mass is 333 g/mol. The van der Waals surface area contributed by atoms with Crippen LogP contribution in [0.3, 0.4) is 0 Å². The lowest BCUT2D eigenvalue weighted by molar-refractivity contribution is -0.151. The lowest BCUT2D eigenvalue weighted by atomic mass is 9.97. The molecule has 0 bridgehead atoms. The largest absolute Gasteiger partial charge is 0.452 e. The summed E-state index contributed by atoms with van der Waals surface area (Å²) in [5.41, 5.74) is 2.73. The van der Waals surface area contributed by atoms with E-state index in [2.05, 4.69) is 5.10 Å². The van der Waals surface area contributed by atoms with E-state index in [1.54, 1.807) is 10.8 Å². The molecule has 2 atom stereocenters. The highest BCUT2D eigenvalue weighted by Gasteiger charge is 2.29. The van der Waals surface area contributed by atoms with Gasteiger partial charge in [0, 0.05) is 36.5 Å². The second-order valence-electron chi connectivity index (χ2n) is 6.58. The highest BCUT2D eigenvalue weighted by Crippen LogP contribution is 2.22. The van der Waals surface area contributed by atoms with Gasteiger partial charge in [-0.1, -0.05) is 0 Å². The number of hydrogen-bond acceptors (Lipinski definition) is 4. The number of carbonyl (C=O) groups is 2. The van der Waals surface area contributed by atoms with Gasteiger partial charge in [0.15, 0.2) is 6.61 Å². The zero-order chi connectivity index (χ0) is 17.9. The molecule has 0 radical (unpaired) electrons. The van der Waals surface area contributed by atoms with E-state index in [0.29, 0.717) is 0 Å². The summed E-state index contributed by atoms with van der Waals surface area (Å²) >= 11 is 0. The van der Waals surface area contributed by atoms with E-state index in [9.17, 15) is 9.59 Å². The van der Waals surface area contributed by atoms with Crippen LogP contribution < -0.4 is 0 Å². The summed E-state index contributed by atoms with van der Waals surface area (Å²) in [4.78, 5) is 26.1. The highest BCUT2D eigenvalue weighted by molar-refractivity contribution is 5.89. The third kappa shape index (κ3) is 4.04. The van der Waals surface area contributed by atoms with Gasteiger partial charge in [0.25, 0.3) is 5.91 Å². The summed E-state index contributed by atoms with van der Waals surface area (Å²) in [5, 5.41) is 4.29. The van der Waals surface area contributed by atoms with Gasteiger partial charge >= 0.3 is 5.97 Å². The SMILES string of the molecule is Cc1nn(C)c(C)c1/C=C/C(=O)OCC(=O)N1[C@@H](C)CCC[C@@H]1C. The summed E-state index contributed by atoms with van der Waals surface area (Å²) in [6.07, 6.45) is 6.19. The molecule has 6 nitrogen and oxygen atoms in total. The van der Waals surface area contributed by atoms with E-state index in [4.69, 9.17) is 4.74 Å². The van der Waals surface area contributed by atoms with Gasteiger partial charge in [0.1, 0.15) is 0 Å². The van der Waals surface area contributed by atoms with Crippen LogP contribution in [0.25, 0.3) is 6.08 Å². The molecule has 1 aromatic heterocycles. The van der Waals surface area contributed by atoms with E-state index in [0.717, 1.165) is 36.2 Å². The Morgan fingerprint density at radius 3 is 2.42 bits per heavy atom. The maximum absolute atomic E-state index is 12.3. The van der Waals surface area contributed by atoms with E-state index in [1.165, 1.54) is 6.08 Å². The minimum atomic E-state index is -0.511. The summed E-state index contributed by atoms with van der Waals surface area (Å²) in [6.45, 7) is 7.71. The van der Waals surface area contributed by atoms with Gasteiger partial charge < -0.3 is 9.64 Å². The zero-order valence-corrected chi connectivity index (χ0v) is 15.2. The fourth-order valence-electron chi connectivity index (χ4n) is 3.35. The Labute approximate surface area is 143 Å². The fourth-order valence-corrected chi connectivity index (χ4v) is 3.35. The first-order chi connectivity index (χ1) is 11.3. The van der Waals surface area contributed by atoms with Gasteiger partial charge in [0.2, 0.25) is 0 Å². The van der Waals surface area contributed by atoms with Crippen LogP contribution in [-0.2, 0) is 21.4 Å². The third-order valence-electron chi connectivity index (χ3n) is 4.77. The average Bonchev–Trinajstić information content (AvgIpc) is 2.76. The zero-order valence-electron chi connectivity index (χ0n) is 15.2. The summed E-state index contributed by atoms with van der Waals surface area (Å²) in [6, 6.07) is 0.410. The lowest BCUT2D eigenvalue weighted by Crippen LogP contribution is -2.49. The number of aromatic nitrogens is 2. The molecule has 0 N–H and O–H groups in total. The molecule has 1 amide bonds. The molecule has 0 aromatic carbocycles. The number of likely N-dealkylation sites (tertiary alicyclic amines) is 1. The summed E-state index contributed by atoms with van der Waals surface area (Å²) in [5.74, 6) is -0.631. The predicted molar refractivity (Wildman–Crippen MR) is 92.3 cm³/mol. The van der Waals surface area contributed by atoms with Gasteiger partial charge in [-0.2, -0.15) is 5.10 Å². The van der Waals surface area contributed by atoms with Gasteiger partial charge in [0.05, 0.1) is 5.69 Å². The Bertz CT molecular complexity index is 638. The molecule has 1 saturated heterocycles. The maximum Gasteiger partial charge on any atom is 0.331 e. The van der Waals surface area contributed by atoms with Crippen molar-refractivity contribution in [2.75, 3.05) is 6.61 Å². The fraction of sp³-hybridized carbons (Fsp3) is 0.611. The average molecular weight is 333 g/mol. The number of carbonyl (C=O) groups excluding carboxylic acids is 2. The molecule has 132 valence electrons. The van der Waals surface area contributed by atoms with Crippen molar-refractivity contribution in [2.24, 2.45) is 7.05 Å². The van der Waals surface area contributed by atoms with Crippen molar-refractivity contribution in [3.05, 3.63) is 23.0 Å². The topological polar surface area (TPSA) is 64.4 Å². The van der Waals surface area contributed by atoms with E-state index < -0.39 is 5.97 Å². The number of rotatable bonds is 4. The molecule has 6 heteroatoms. The van der Waals surface area contributed by atoms with E-state index >= 15 is 0 Å². The number of esters is 1. The van der Waals surface area contributed by atoms with Crippen LogP contribution in [0.5, 0.6) is 0 Å². The lowest BCUT2D eigenvalue weighted by Gasteiger charge is -2.38. The van der Waals surface area contributed by atoms with E-state index in [-0.39, 0.29) is 24.6 Å². The summed E-state index contributed by atoms with van der Waals surface area (Å²) in [7, 11) is 1.86. The van der Waals surface area contributed by atoms with Crippen LogP contribution in [0.15, 0.2) is 6.08 Å². The number of nitrogens with zero attached hydrogens (tertiary/aromatic N) is 3. The Hall–Kier alpha value is -2.11. The molecular formula is C18H27N3O3. The first-order valence-corrected chi connectivity index (χ1v) is 8.47. The maximum atomic E-state index is 12.3. The number of amides is 1. The molecule has 0 unspecified atom stereocenters. The van der Waals surface area contributed by atoms with Crippen LogP contribution in [0.4, 0.5) is 0 Å². The molecule has 1 aromatic rings. The second kappa shape index (κ2) is 7.64. The number of piperidine rings is 1. The Balaban J connectivity index is 1.91. The molecule has 1 aliphatic heterocycles. The van der Waals surface area contributed by atoms with Crippen LogP contribution in [0, 0.1) is 13.8 Å². The Kier molecular flexibility index (Phi) is 5.80. The molecule has 2 heterocycles. The quantitative estimate of drug-likeness (QED) is 0.627. The van der Waals surface area contributed by atoms with Crippen molar-refractivity contribution in [1.29, 1.82) is 0 Å². The third-order valence-corrected chi connectivity index (χ3v) is 4.77. The van der Waals surface area contributed by atoms with Crippen molar-refractivity contribution in [3.63, 3.8) is 0 Å². The molecule has 0 spiro atoms. The smallest absolute Gasteiger partial charge is 0.331 e. The standard InChI is InChI=1S/C18H27N3O3/c1-12-7-6-8-13(2)21(12)17(22)11-24-18(23)10-9-16-14(3)19-20(5)15(16)4/h9-10,12-13H,6-8,11H2,1-5H3/b10-9+/t12-,13-/m0/s1. The minimum Gasteiger partial charge on any atom is -0.452 e. The Morgan fingerprint density at radius 2 is 1.88 bits per heavy atom. The number of aryl methyl sites for hydroxylation is 2. The molecule has 24 heavy (non-hydrogen) atoms. The van der Waals surface area contributed by atoms with Crippen molar-refractivity contribution >= 4 is 18.0 Å². The molecule has 0 aliphatic carbocycles. The van der Waals surface area contributed by atoms with Gasteiger partial charge in [-0.15, -0.1) is 0 Å². The van der Waals surface area contributed by atoms with Crippen LogP contribution >= 0.6 is 0 Å². The molecular weight excluding hydrogens is 306 g/mol. The first kappa shape index (κ1) is 18.2. The van der Waals surface area contributed by atoms with E-state index in [1.807, 2.05) is 39.6 Å². The minimum absolute atomic E-state index is 0.120. The van der Waals surface area contributed by atoms with Crippen molar-refractivity contribution in [3.8, 4) is 0 Å². The molecule has 1 aliphatic rings. The number of ether oxygens (including phenoxy) is 1.